The van der Waals surface area contributed by atoms with Gasteiger partial charge in [0.15, 0.2) is 0 Å². The average molecular weight is 255 g/mol. The second kappa shape index (κ2) is 6.55. The van der Waals surface area contributed by atoms with E-state index in [0.717, 1.165) is 6.54 Å². The van der Waals surface area contributed by atoms with Crippen LogP contribution in [0.25, 0.3) is 0 Å². The fourth-order valence-corrected chi connectivity index (χ4v) is 2.70. The highest BCUT2D eigenvalue weighted by Gasteiger charge is 2.32. The summed E-state index contributed by atoms with van der Waals surface area (Å²) in [6.07, 6.45) is 6.09. The third kappa shape index (κ3) is 4.60. The molecule has 2 atom stereocenters. The first-order chi connectivity index (χ1) is 8.35. The molecule has 0 spiro atoms. The number of nitrogens with zero attached hydrogens (tertiary/aromatic N) is 1. The first-order valence-corrected chi connectivity index (χ1v) is 7.33. The van der Waals surface area contributed by atoms with Crippen molar-refractivity contribution in [3.05, 3.63) is 0 Å². The molecule has 3 heteroatoms. The smallest absolute Gasteiger partial charge is 0.323 e. The zero-order valence-electron chi connectivity index (χ0n) is 12.7. The summed E-state index contributed by atoms with van der Waals surface area (Å²) in [6.45, 7) is 11.0. The van der Waals surface area contributed by atoms with E-state index in [1.54, 1.807) is 0 Å². The number of likely N-dealkylation sites (tertiary alicyclic amines) is 1. The molecule has 106 valence electrons. The van der Waals surface area contributed by atoms with E-state index in [1.807, 2.05) is 27.7 Å². The van der Waals surface area contributed by atoms with Crippen LogP contribution in [0.2, 0.25) is 0 Å². The van der Waals surface area contributed by atoms with Gasteiger partial charge in [-0.3, -0.25) is 9.69 Å². The van der Waals surface area contributed by atoms with Crippen LogP contribution in [0.4, 0.5) is 0 Å². The molecule has 0 radical (unpaired) electrons. The Morgan fingerprint density at radius 3 is 2.61 bits per heavy atom. The summed E-state index contributed by atoms with van der Waals surface area (Å²) in [5.41, 5.74) is -0.388. The molecule has 0 amide bonds. The summed E-state index contributed by atoms with van der Waals surface area (Å²) in [4.78, 5) is 14.5. The van der Waals surface area contributed by atoms with Crippen LogP contribution in [0.15, 0.2) is 0 Å². The lowest BCUT2D eigenvalue weighted by molar-refractivity contribution is -0.162. The molecule has 0 N–H and O–H groups in total. The number of ether oxygens (including phenoxy) is 1. The second-order valence-electron chi connectivity index (χ2n) is 6.39. The maximum absolute atomic E-state index is 12.1. The van der Waals surface area contributed by atoms with Crippen LogP contribution in [0.5, 0.6) is 0 Å². The Labute approximate surface area is 112 Å². The van der Waals surface area contributed by atoms with Crippen molar-refractivity contribution in [2.24, 2.45) is 0 Å². The number of rotatable bonds is 4. The van der Waals surface area contributed by atoms with Gasteiger partial charge >= 0.3 is 5.97 Å². The Morgan fingerprint density at radius 1 is 1.39 bits per heavy atom. The van der Waals surface area contributed by atoms with E-state index in [1.165, 1.54) is 32.1 Å². The fourth-order valence-electron chi connectivity index (χ4n) is 2.70. The minimum Gasteiger partial charge on any atom is -0.459 e. The van der Waals surface area contributed by atoms with Crippen molar-refractivity contribution in [1.29, 1.82) is 0 Å². The molecule has 1 heterocycles. The molecule has 0 aromatic heterocycles. The van der Waals surface area contributed by atoms with Gasteiger partial charge in [0.05, 0.1) is 0 Å². The largest absolute Gasteiger partial charge is 0.459 e. The first kappa shape index (κ1) is 15.5. The number of hydrogen-bond donors (Lipinski definition) is 0. The summed E-state index contributed by atoms with van der Waals surface area (Å²) in [5.74, 6) is -0.0782. The summed E-state index contributed by atoms with van der Waals surface area (Å²) >= 11 is 0. The van der Waals surface area contributed by atoms with Gasteiger partial charge in [-0.05, 0) is 53.5 Å². The molecule has 0 saturated carbocycles. The summed E-state index contributed by atoms with van der Waals surface area (Å²) in [5, 5.41) is 0. The molecular formula is C15H29NO2. The lowest BCUT2D eigenvalue weighted by Crippen LogP contribution is -2.50. The Kier molecular flexibility index (Phi) is 5.64. The van der Waals surface area contributed by atoms with Crippen molar-refractivity contribution in [2.45, 2.75) is 84.4 Å². The van der Waals surface area contributed by atoms with E-state index >= 15 is 0 Å². The van der Waals surface area contributed by atoms with Gasteiger partial charge in [0.25, 0.3) is 0 Å². The highest BCUT2D eigenvalue weighted by Crippen LogP contribution is 2.24. The molecule has 0 aromatic rings. The van der Waals surface area contributed by atoms with E-state index in [4.69, 9.17) is 4.74 Å². The summed E-state index contributed by atoms with van der Waals surface area (Å²) < 4.78 is 5.50. The van der Waals surface area contributed by atoms with E-state index in [2.05, 4.69) is 11.8 Å². The van der Waals surface area contributed by atoms with Crippen molar-refractivity contribution in [3.8, 4) is 0 Å². The molecule has 0 aliphatic carbocycles. The van der Waals surface area contributed by atoms with Crippen molar-refractivity contribution in [2.75, 3.05) is 6.54 Å². The molecule has 1 rings (SSSR count). The molecule has 1 aliphatic rings. The Bertz CT molecular complexity index is 268. The predicted octanol–water partition coefficient (Wildman–Crippen LogP) is 3.37. The van der Waals surface area contributed by atoms with Gasteiger partial charge in [0.2, 0.25) is 0 Å². The van der Waals surface area contributed by atoms with Gasteiger partial charge in [-0.25, -0.2) is 0 Å². The van der Waals surface area contributed by atoms with Crippen LogP contribution in [-0.2, 0) is 9.53 Å². The zero-order chi connectivity index (χ0) is 13.8. The molecule has 0 aromatic carbocycles. The topological polar surface area (TPSA) is 29.5 Å². The molecule has 1 fully saturated rings. The van der Waals surface area contributed by atoms with Crippen molar-refractivity contribution in [3.63, 3.8) is 0 Å². The average Bonchev–Trinajstić information content (AvgIpc) is 2.27. The normalized spacial score (nSPS) is 23.7. The van der Waals surface area contributed by atoms with Gasteiger partial charge in [-0.15, -0.1) is 0 Å². The SMILES string of the molecule is CCCC1CCCCN1C(C)C(=O)OC(C)(C)C. The Hall–Kier alpha value is -0.570. The third-order valence-corrected chi connectivity index (χ3v) is 3.54. The molecule has 3 nitrogen and oxygen atoms in total. The van der Waals surface area contributed by atoms with Crippen LogP contribution < -0.4 is 0 Å². The highest BCUT2D eigenvalue weighted by molar-refractivity contribution is 5.75. The molecule has 1 saturated heterocycles. The zero-order valence-corrected chi connectivity index (χ0v) is 12.7. The maximum Gasteiger partial charge on any atom is 0.323 e. The quantitative estimate of drug-likeness (QED) is 0.721. The number of hydrogen-bond acceptors (Lipinski definition) is 3. The van der Waals surface area contributed by atoms with Gasteiger partial charge < -0.3 is 4.74 Å². The van der Waals surface area contributed by atoms with Crippen LogP contribution in [0.1, 0.15) is 66.7 Å². The Morgan fingerprint density at radius 2 is 2.06 bits per heavy atom. The predicted molar refractivity (Wildman–Crippen MR) is 74.6 cm³/mol. The molecule has 2 unspecified atom stereocenters. The van der Waals surface area contributed by atoms with Gasteiger partial charge in [-0.1, -0.05) is 19.8 Å². The van der Waals surface area contributed by atoms with Gasteiger partial charge in [-0.2, -0.15) is 0 Å². The van der Waals surface area contributed by atoms with Crippen LogP contribution >= 0.6 is 0 Å². The van der Waals surface area contributed by atoms with Crippen molar-refractivity contribution in [1.82, 2.24) is 4.90 Å². The standard InChI is InChI=1S/C15H29NO2/c1-6-9-13-10-7-8-11-16(13)12(2)14(17)18-15(3,4)5/h12-13H,6-11H2,1-5H3. The summed E-state index contributed by atoms with van der Waals surface area (Å²) in [6, 6.07) is 0.451. The monoisotopic (exact) mass is 255 g/mol. The lowest BCUT2D eigenvalue weighted by Gasteiger charge is -2.39. The third-order valence-electron chi connectivity index (χ3n) is 3.54. The van der Waals surface area contributed by atoms with Gasteiger partial charge in [0.1, 0.15) is 11.6 Å². The molecule has 0 bridgehead atoms. The number of piperidine rings is 1. The summed E-state index contributed by atoms with van der Waals surface area (Å²) in [7, 11) is 0. The van der Waals surface area contributed by atoms with Gasteiger partial charge in [0, 0.05) is 6.04 Å². The lowest BCUT2D eigenvalue weighted by atomic mass is 9.96. The first-order valence-electron chi connectivity index (χ1n) is 7.33. The van der Waals surface area contributed by atoms with Crippen LogP contribution in [0.3, 0.4) is 0 Å². The minimum absolute atomic E-state index is 0.0782. The van der Waals surface area contributed by atoms with E-state index < -0.39 is 0 Å². The number of carbonyl (C=O) groups is 1. The highest BCUT2D eigenvalue weighted by atomic mass is 16.6. The minimum atomic E-state index is -0.388. The van der Waals surface area contributed by atoms with E-state index in [-0.39, 0.29) is 17.6 Å². The van der Waals surface area contributed by atoms with Crippen LogP contribution in [0, 0.1) is 0 Å². The Balaban J connectivity index is 2.62. The number of esters is 1. The molecule has 18 heavy (non-hydrogen) atoms. The maximum atomic E-state index is 12.1. The van der Waals surface area contributed by atoms with E-state index in [0.29, 0.717) is 6.04 Å². The second-order valence-corrected chi connectivity index (χ2v) is 6.39. The van der Waals surface area contributed by atoms with Crippen molar-refractivity contribution >= 4 is 5.97 Å². The van der Waals surface area contributed by atoms with Crippen molar-refractivity contribution < 1.29 is 9.53 Å². The van der Waals surface area contributed by atoms with E-state index in [9.17, 15) is 4.79 Å². The van der Waals surface area contributed by atoms with Crippen LogP contribution in [-0.4, -0.2) is 35.1 Å². The molecule has 1 aliphatic heterocycles. The fraction of sp³-hybridized carbons (Fsp3) is 0.933. The number of carbonyl (C=O) groups excluding carboxylic acids is 1. The molecular weight excluding hydrogens is 226 g/mol.